The van der Waals surface area contributed by atoms with Gasteiger partial charge in [-0.2, -0.15) is 24.7 Å². The number of aromatic nitrogens is 7. The zero-order chi connectivity index (χ0) is 13.9. The van der Waals surface area contributed by atoms with Crippen LogP contribution in [0.5, 0.6) is 0 Å². The number of nitrogens with two attached hydrogens (primary N) is 1. The average molecular weight is 273 g/mol. The van der Waals surface area contributed by atoms with Gasteiger partial charge in [-0.05, 0) is 6.92 Å². The zero-order valence-electron chi connectivity index (χ0n) is 10.6. The highest BCUT2D eigenvalue weighted by molar-refractivity contribution is 5.34. The minimum absolute atomic E-state index is 0.0802. The van der Waals surface area contributed by atoms with Crippen LogP contribution < -0.4 is 11.1 Å². The normalized spacial score (nSPS) is 10.7. The van der Waals surface area contributed by atoms with E-state index in [1.165, 1.54) is 17.3 Å². The summed E-state index contributed by atoms with van der Waals surface area (Å²) in [5.74, 6) is 1.93. The molecule has 0 radical (unpaired) electrons. The number of nitrogen functional groups attached to an aromatic ring is 1. The third-order valence-electron chi connectivity index (χ3n) is 2.33. The number of aryl methyl sites for hydroxylation is 1. The zero-order valence-corrected chi connectivity index (χ0v) is 10.6. The molecule has 20 heavy (non-hydrogen) atoms. The Bertz CT molecular complexity index is 705. The van der Waals surface area contributed by atoms with Crippen LogP contribution in [0.25, 0.3) is 5.95 Å². The van der Waals surface area contributed by atoms with Gasteiger partial charge in [0.1, 0.15) is 18.4 Å². The predicted octanol–water partition coefficient (Wildman–Crippen LogP) is -0.0570. The van der Waals surface area contributed by atoms with E-state index >= 15 is 0 Å². The highest BCUT2D eigenvalue weighted by Crippen LogP contribution is 2.08. The van der Waals surface area contributed by atoms with Crippen molar-refractivity contribution in [1.29, 1.82) is 0 Å². The van der Waals surface area contributed by atoms with E-state index in [1.807, 2.05) is 6.92 Å². The molecule has 3 aromatic heterocycles. The lowest BCUT2D eigenvalue weighted by atomic mass is 10.6. The van der Waals surface area contributed by atoms with E-state index in [1.54, 1.807) is 6.20 Å². The topological polar surface area (TPSA) is 133 Å². The van der Waals surface area contributed by atoms with E-state index in [4.69, 9.17) is 10.2 Å². The summed E-state index contributed by atoms with van der Waals surface area (Å²) >= 11 is 0. The van der Waals surface area contributed by atoms with Gasteiger partial charge in [0.05, 0.1) is 12.7 Å². The van der Waals surface area contributed by atoms with Crippen molar-refractivity contribution >= 4 is 11.9 Å². The molecule has 0 aliphatic heterocycles. The summed E-state index contributed by atoms with van der Waals surface area (Å²) < 4.78 is 6.72. The maximum Gasteiger partial charge on any atom is 0.258 e. The molecule has 0 aliphatic carbocycles. The Balaban J connectivity index is 1.79. The van der Waals surface area contributed by atoms with E-state index in [9.17, 15) is 0 Å². The first-order valence-electron chi connectivity index (χ1n) is 5.72. The molecule has 0 fully saturated rings. The lowest BCUT2D eigenvalue weighted by Crippen LogP contribution is -2.11. The lowest BCUT2D eigenvalue weighted by Gasteiger charge is -2.05. The molecule has 0 aromatic carbocycles. The van der Waals surface area contributed by atoms with Gasteiger partial charge in [-0.15, -0.1) is 0 Å². The molecule has 0 saturated carbocycles. The van der Waals surface area contributed by atoms with Gasteiger partial charge in [0.15, 0.2) is 0 Å². The Morgan fingerprint density at radius 1 is 1.35 bits per heavy atom. The maximum atomic E-state index is 5.64. The number of hydrogen-bond donors (Lipinski definition) is 2. The summed E-state index contributed by atoms with van der Waals surface area (Å²) in [6, 6.07) is 0. The third-order valence-corrected chi connectivity index (χ3v) is 2.33. The molecular weight excluding hydrogens is 262 g/mol. The van der Waals surface area contributed by atoms with Crippen LogP contribution in [-0.4, -0.2) is 34.7 Å². The second kappa shape index (κ2) is 4.91. The van der Waals surface area contributed by atoms with Crippen LogP contribution in [0.2, 0.25) is 0 Å². The predicted molar refractivity (Wildman–Crippen MR) is 67.7 cm³/mol. The van der Waals surface area contributed by atoms with Crippen LogP contribution in [0.15, 0.2) is 23.3 Å². The third kappa shape index (κ3) is 2.53. The van der Waals surface area contributed by atoms with Crippen molar-refractivity contribution < 1.29 is 4.42 Å². The summed E-state index contributed by atoms with van der Waals surface area (Å²) in [5, 5.41) is 6.89. The van der Waals surface area contributed by atoms with Gasteiger partial charge in [0.2, 0.25) is 17.8 Å². The SMILES string of the molecule is Cc1cnc(CNc2nc(N)nc(-n3cncn3)n2)o1. The first-order chi connectivity index (χ1) is 9.70. The Morgan fingerprint density at radius 2 is 2.25 bits per heavy atom. The number of hydrogen-bond acceptors (Lipinski definition) is 9. The standard InChI is InChI=1S/C10H11N9O/c1-6-2-13-7(20-6)3-14-9-16-8(11)17-10(18-9)19-5-12-4-15-19/h2,4-5H,3H2,1H3,(H3,11,14,16,17,18). The summed E-state index contributed by atoms with van der Waals surface area (Å²) in [5.41, 5.74) is 5.64. The summed E-state index contributed by atoms with van der Waals surface area (Å²) in [6.45, 7) is 2.16. The fourth-order valence-electron chi connectivity index (χ4n) is 1.51. The maximum absolute atomic E-state index is 5.64. The van der Waals surface area contributed by atoms with Crippen molar-refractivity contribution in [2.24, 2.45) is 0 Å². The van der Waals surface area contributed by atoms with Gasteiger partial charge in [-0.25, -0.2) is 9.97 Å². The average Bonchev–Trinajstić information content (AvgIpc) is 3.07. The van der Waals surface area contributed by atoms with Crippen LogP contribution in [0, 0.1) is 6.92 Å². The van der Waals surface area contributed by atoms with Crippen molar-refractivity contribution in [2.45, 2.75) is 13.5 Å². The summed E-state index contributed by atoms with van der Waals surface area (Å²) in [7, 11) is 0. The molecule has 0 amide bonds. The molecule has 0 unspecified atom stereocenters. The highest BCUT2D eigenvalue weighted by Gasteiger charge is 2.08. The number of rotatable bonds is 4. The minimum Gasteiger partial charge on any atom is -0.444 e. The molecule has 3 heterocycles. The van der Waals surface area contributed by atoms with Crippen molar-refractivity contribution in [3.63, 3.8) is 0 Å². The number of nitrogens with zero attached hydrogens (tertiary/aromatic N) is 7. The van der Waals surface area contributed by atoms with E-state index in [0.29, 0.717) is 18.4 Å². The molecule has 0 atom stereocenters. The van der Waals surface area contributed by atoms with Crippen LogP contribution in [0.4, 0.5) is 11.9 Å². The van der Waals surface area contributed by atoms with Gasteiger partial charge >= 0.3 is 0 Å². The van der Waals surface area contributed by atoms with Gasteiger partial charge in [-0.1, -0.05) is 0 Å². The molecule has 3 rings (SSSR count). The Morgan fingerprint density at radius 3 is 2.95 bits per heavy atom. The molecule has 0 saturated heterocycles. The van der Waals surface area contributed by atoms with Crippen molar-refractivity contribution in [1.82, 2.24) is 34.7 Å². The molecule has 3 aromatic rings. The van der Waals surface area contributed by atoms with Gasteiger partial charge in [0.25, 0.3) is 5.95 Å². The molecule has 3 N–H and O–H groups in total. The fraction of sp³-hybridized carbons (Fsp3) is 0.200. The van der Waals surface area contributed by atoms with Crippen LogP contribution in [-0.2, 0) is 6.54 Å². The Kier molecular flexibility index (Phi) is 2.95. The number of oxazole rings is 1. The number of anilines is 2. The van der Waals surface area contributed by atoms with Gasteiger partial charge < -0.3 is 15.5 Å². The highest BCUT2D eigenvalue weighted by atomic mass is 16.4. The molecular formula is C10H11N9O. The first-order valence-corrected chi connectivity index (χ1v) is 5.72. The van der Waals surface area contributed by atoms with Crippen molar-refractivity contribution in [3.8, 4) is 5.95 Å². The first kappa shape index (κ1) is 12.0. The fourth-order valence-corrected chi connectivity index (χ4v) is 1.51. The molecule has 10 heteroatoms. The lowest BCUT2D eigenvalue weighted by molar-refractivity contribution is 0.478. The van der Waals surface area contributed by atoms with E-state index in [0.717, 1.165) is 5.76 Å². The monoisotopic (exact) mass is 273 g/mol. The molecule has 0 spiro atoms. The molecule has 0 bridgehead atoms. The van der Waals surface area contributed by atoms with Crippen LogP contribution in [0.3, 0.4) is 0 Å². The Labute approximate surface area is 113 Å². The quantitative estimate of drug-likeness (QED) is 0.670. The molecule has 10 nitrogen and oxygen atoms in total. The molecule has 102 valence electrons. The number of nitrogens with one attached hydrogen (secondary N) is 1. The largest absolute Gasteiger partial charge is 0.444 e. The van der Waals surface area contributed by atoms with E-state index in [-0.39, 0.29) is 11.9 Å². The van der Waals surface area contributed by atoms with E-state index < -0.39 is 0 Å². The van der Waals surface area contributed by atoms with Gasteiger partial charge in [0, 0.05) is 0 Å². The van der Waals surface area contributed by atoms with Crippen molar-refractivity contribution in [2.75, 3.05) is 11.1 Å². The van der Waals surface area contributed by atoms with Crippen molar-refractivity contribution in [3.05, 3.63) is 30.5 Å². The smallest absolute Gasteiger partial charge is 0.258 e. The summed E-state index contributed by atoms with van der Waals surface area (Å²) in [6.07, 6.45) is 4.48. The van der Waals surface area contributed by atoms with Gasteiger partial charge in [-0.3, -0.25) is 0 Å². The second-order valence-corrected chi connectivity index (χ2v) is 3.88. The van der Waals surface area contributed by atoms with Crippen LogP contribution >= 0.6 is 0 Å². The summed E-state index contributed by atoms with van der Waals surface area (Å²) in [4.78, 5) is 20.0. The minimum atomic E-state index is 0.0802. The van der Waals surface area contributed by atoms with Crippen LogP contribution in [0.1, 0.15) is 11.7 Å². The van der Waals surface area contributed by atoms with E-state index in [2.05, 4.69) is 35.3 Å². The Hall–Kier alpha value is -3.04. The molecule has 0 aliphatic rings. The second-order valence-electron chi connectivity index (χ2n) is 3.88.